The number of rotatable bonds is 4. The number of H-pyrrole nitrogens is 1. The SMILES string of the molecule is CCN1CCC(CNC(=O)c2c[nH]c(C)cc2=O)C1. The summed E-state index contributed by atoms with van der Waals surface area (Å²) in [6.07, 6.45) is 2.60. The van der Waals surface area contributed by atoms with Crippen LogP contribution in [0.25, 0.3) is 0 Å². The Kier molecular flexibility index (Phi) is 4.37. The summed E-state index contributed by atoms with van der Waals surface area (Å²) in [5.74, 6) is 0.213. The van der Waals surface area contributed by atoms with Crippen LogP contribution in [-0.2, 0) is 0 Å². The zero-order valence-corrected chi connectivity index (χ0v) is 11.5. The number of aromatic nitrogens is 1. The standard InChI is InChI=1S/C14H21N3O2/c1-3-17-5-4-11(9-17)7-16-14(19)12-8-15-10(2)6-13(12)18/h6,8,11H,3-5,7,9H2,1-2H3,(H,15,18)(H,16,19). The summed E-state index contributed by atoms with van der Waals surface area (Å²) in [5, 5.41) is 2.86. The predicted molar refractivity (Wildman–Crippen MR) is 74.4 cm³/mol. The molecule has 2 heterocycles. The van der Waals surface area contributed by atoms with Crippen LogP contribution >= 0.6 is 0 Å². The van der Waals surface area contributed by atoms with Gasteiger partial charge in [0.1, 0.15) is 5.56 Å². The highest BCUT2D eigenvalue weighted by atomic mass is 16.2. The van der Waals surface area contributed by atoms with Crippen LogP contribution in [0.3, 0.4) is 0 Å². The van der Waals surface area contributed by atoms with Crippen molar-refractivity contribution in [1.82, 2.24) is 15.2 Å². The zero-order chi connectivity index (χ0) is 13.8. The van der Waals surface area contributed by atoms with E-state index in [4.69, 9.17) is 0 Å². The second kappa shape index (κ2) is 6.02. The van der Waals surface area contributed by atoms with Crippen LogP contribution < -0.4 is 10.7 Å². The highest BCUT2D eigenvalue weighted by Gasteiger charge is 2.21. The van der Waals surface area contributed by atoms with Crippen molar-refractivity contribution < 1.29 is 4.79 Å². The van der Waals surface area contributed by atoms with Gasteiger partial charge in [-0.2, -0.15) is 0 Å². The average molecular weight is 263 g/mol. The number of nitrogens with one attached hydrogen (secondary N) is 2. The van der Waals surface area contributed by atoms with Gasteiger partial charge in [-0.05, 0) is 32.4 Å². The summed E-state index contributed by atoms with van der Waals surface area (Å²) >= 11 is 0. The average Bonchev–Trinajstić information content (AvgIpc) is 2.84. The molecule has 1 aliphatic heterocycles. The number of pyridine rings is 1. The van der Waals surface area contributed by atoms with Crippen molar-refractivity contribution in [3.63, 3.8) is 0 Å². The maximum atomic E-state index is 11.9. The Hall–Kier alpha value is -1.62. The van der Waals surface area contributed by atoms with Gasteiger partial charge in [0.15, 0.2) is 5.43 Å². The fourth-order valence-corrected chi connectivity index (χ4v) is 2.45. The zero-order valence-electron chi connectivity index (χ0n) is 11.5. The molecule has 0 spiro atoms. The van der Waals surface area contributed by atoms with Crippen LogP contribution in [0.1, 0.15) is 29.4 Å². The molecule has 5 heteroatoms. The fraction of sp³-hybridized carbons (Fsp3) is 0.571. The van der Waals surface area contributed by atoms with Crippen molar-refractivity contribution in [2.45, 2.75) is 20.3 Å². The fourth-order valence-electron chi connectivity index (χ4n) is 2.45. The number of nitrogens with zero attached hydrogens (tertiary/aromatic N) is 1. The molecule has 1 unspecified atom stereocenters. The van der Waals surface area contributed by atoms with Crippen LogP contribution in [-0.4, -0.2) is 42.0 Å². The lowest BCUT2D eigenvalue weighted by atomic mass is 10.1. The monoisotopic (exact) mass is 263 g/mol. The van der Waals surface area contributed by atoms with E-state index in [0.29, 0.717) is 12.5 Å². The number of amides is 1. The Labute approximate surface area is 113 Å². The first-order valence-corrected chi connectivity index (χ1v) is 6.80. The second-order valence-corrected chi connectivity index (χ2v) is 5.15. The third-order valence-corrected chi connectivity index (χ3v) is 3.67. The molecule has 1 aliphatic rings. The molecule has 1 amide bonds. The summed E-state index contributed by atoms with van der Waals surface area (Å²) in [4.78, 5) is 28.9. The van der Waals surface area contributed by atoms with E-state index >= 15 is 0 Å². The Morgan fingerprint density at radius 2 is 2.37 bits per heavy atom. The normalized spacial score (nSPS) is 19.6. The van der Waals surface area contributed by atoms with Gasteiger partial charge >= 0.3 is 0 Å². The van der Waals surface area contributed by atoms with E-state index in [1.165, 1.54) is 12.3 Å². The van der Waals surface area contributed by atoms with Gasteiger partial charge < -0.3 is 15.2 Å². The molecule has 1 aromatic heterocycles. The highest BCUT2D eigenvalue weighted by molar-refractivity contribution is 5.93. The van der Waals surface area contributed by atoms with Gasteiger partial charge in [-0.15, -0.1) is 0 Å². The van der Waals surface area contributed by atoms with Gasteiger partial charge in [0.2, 0.25) is 0 Å². The molecular formula is C14H21N3O2. The molecule has 104 valence electrons. The number of carbonyl (C=O) groups excluding carboxylic acids is 1. The third kappa shape index (κ3) is 3.44. The minimum absolute atomic E-state index is 0.191. The highest BCUT2D eigenvalue weighted by Crippen LogP contribution is 2.14. The van der Waals surface area contributed by atoms with Crippen molar-refractivity contribution in [3.8, 4) is 0 Å². The number of carbonyl (C=O) groups is 1. The molecule has 0 aliphatic carbocycles. The summed E-state index contributed by atoms with van der Waals surface area (Å²) in [6.45, 7) is 7.77. The topological polar surface area (TPSA) is 65.2 Å². The Balaban J connectivity index is 1.90. The van der Waals surface area contributed by atoms with E-state index in [9.17, 15) is 9.59 Å². The molecular weight excluding hydrogens is 242 g/mol. The summed E-state index contributed by atoms with van der Waals surface area (Å²) in [5.41, 5.74) is 0.724. The molecule has 0 saturated carbocycles. The van der Waals surface area contributed by atoms with Crippen molar-refractivity contribution in [3.05, 3.63) is 33.7 Å². The van der Waals surface area contributed by atoms with Crippen LogP contribution in [0, 0.1) is 12.8 Å². The van der Waals surface area contributed by atoms with Gasteiger partial charge in [0.05, 0.1) is 0 Å². The van der Waals surface area contributed by atoms with E-state index in [0.717, 1.165) is 31.7 Å². The lowest BCUT2D eigenvalue weighted by Gasteiger charge is -2.13. The van der Waals surface area contributed by atoms with E-state index in [1.807, 2.05) is 0 Å². The van der Waals surface area contributed by atoms with E-state index < -0.39 is 0 Å². The van der Waals surface area contributed by atoms with Crippen LogP contribution in [0.2, 0.25) is 0 Å². The summed E-state index contributed by atoms with van der Waals surface area (Å²) in [6, 6.07) is 1.45. The molecule has 0 bridgehead atoms. The predicted octanol–water partition coefficient (Wildman–Crippen LogP) is 0.755. The smallest absolute Gasteiger partial charge is 0.256 e. The molecule has 5 nitrogen and oxygen atoms in total. The Bertz CT molecular complexity index is 510. The first kappa shape index (κ1) is 13.8. The molecule has 0 radical (unpaired) electrons. The second-order valence-electron chi connectivity index (χ2n) is 5.15. The summed E-state index contributed by atoms with van der Waals surface area (Å²) < 4.78 is 0. The van der Waals surface area contributed by atoms with E-state index in [2.05, 4.69) is 22.1 Å². The maximum Gasteiger partial charge on any atom is 0.256 e. The number of likely N-dealkylation sites (tertiary alicyclic amines) is 1. The number of aryl methyl sites for hydroxylation is 1. The third-order valence-electron chi connectivity index (χ3n) is 3.67. The lowest BCUT2D eigenvalue weighted by Crippen LogP contribution is -2.33. The Morgan fingerprint density at radius 1 is 1.58 bits per heavy atom. The van der Waals surface area contributed by atoms with Gasteiger partial charge in [-0.3, -0.25) is 9.59 Å². The number of hydrogen-bond acceptors (Lipinski definition) is 3. The van der Waals surface area contributed by atoms with Gasteiger partial charge in [0.25, 0.3) is 5.91 Å². The summed E-state index contributed by atoms with van der Waals surface area (Å²) in [7, 11) is 0. The first-order chi connectivity index (χ1) is 9.10. The van der Waals surface area contributed by atoms with Crippen molar-refractivity contribution >= 4 is 5.91 Å². The van der Waals surface area contributed by atoms with Crippen LogP contribution in [0.5, 0.6) is 0 Å². The van der Waals surface area contributed by atoms with Gasteiger partial charge in [0, 0.05) is 31.0 Å². The number of hydrogen-bond donors (Lipinski definition) is 2. The molecule has 2 rings (SSSR count). The molecule has 19 heavy (non-hydrogen) atoms. The van der Waals surface area contributed by atoms with Crippen LogP contribution in [0.15, 0.2) is 17.1 Å². The molecule has 2 N–H and O–H groups in total. The van der Waals surface area contributed by atoms with Crippen molar-refractivity contribution in [2.75, 3.05) is 26.2 Å². The van der Waals surface area contributed by atoms with Crippen molar-refractivity contribution in [2.24, 2.45) is 5.92 Å². The minimum atomic E-state index is -0.281. The molecule has 0 aromatic carbocycles. The van der Waals surface area contributed by atoms with Gasteiger partial charge in [-0.25, -0.2) is 0 Å². The minimum Gasteiger partial charge on any atom is -0.364 e. The molecule has 1 atom stereocenters. The molecule has 1 fully saturated rings. The largest absolute Gasteiger partial charge is 0.364 e. The lowest BCUT2D eigenvalue weighted by molar-refractivity contribution is 0.0946. The van der Waals surface area contributed by atoms with E-state index in [-0.39, 0.29) is 16.9 Å². The van der Waals surface area contributed by atoms with Crippen molar-refractivity contribution in [1.29, 1.82) is 0 Å². The Morgan fingerprint density at radius 3 is 3.00 bits per heavy atom. The first-order valence-electron chi connectivity index (χ1n) is 6.80. The number of aromatic amines is 1. The van der Waals surface area contributed by atoms with Gasteiger partial charge in [-0.1, -0.05) is 6.92 Å². The van der Waals surface area contributed by atoms with E-state index in [1.54, 1.807) is 6.92 Å². The molecule has 1 aromatic rings. The maximum absolute atomic E-state index is 11.9. The van der Waals surface area contributed by atoms with Crippen LogP contribution in [0.4, 0.5) is 0 Å². The molecule has 1 saturated heterocycles. The quantitative estimate of drug-likeness (QED) is 0.842.